The van der Waals surface area contributed by atoms with Gasteiger partial charge in [0, 0.05) is 25.7 Å². The van der Waals surface area contributed by atoms with E-state index in [1.807, 2.05) is 26.8 Å². The van der Waals surface area contributed by atoms with Gasteiger partial charge in [0.25, 0.3) is 0 Å². The summed E-state index contributed by atoms with van der Waals surface area (Å²) in [6, 6.07) is 11.7. The van der Waals surface area contributed by atoms with Gasteiger partial charge in [-0.3, -0.25) is 0 Å². The quantitative estimate of drug-likeness (QED) is 0.644. The van der Waals surface area contributed by atoms with Crippen LogP contribution in [0.1, 0.15) is 42.7 Å². The topological polar surface area (TPSA) is 99.5 Å². The summed E-state index contributed by atoms with van der Waals surface area (Å²) >= 11 is 6.58. The van der Waals surface area contributed by atoms with Gasteiger partial charge in [0.2, 0.25) is 0 Å². The molecule has 0 aliphatic carbocycles. The normalized spacial score (nSPS) is 16.5. The number of hydrogen-bond donors (Lipinski definition) is 2. The van der Waals surface area contributed by atoms with Crippen LogP contribution in [0.4, 0.5) is 10.5 Å². The Kier molecular flexibility index (Phi) is 7.71. The van der Waals surface area contributed by atoms with Crippen LogP contribution in [-0.4, -0.2) is 65.6 Å². The van der Waals surface area contributed by atoms with E-state index in [0.29, 0.717) is 30.4 Å². The van der Waals surface area contributed by atoms with E-state index in [9.17, 15) is 14.7 Å². The van der Waals surface area contributed by atoms with E-state index in [0.717, 1.165) is 11.3 Å². The minimum absolute atomic E-state index is 0.0968. The second kappa shape index (κ2) is 10.3. The molecule has 2 aromatic carbocycles. The van der Waals surface area contributed by atoms with Gasteiger partial charge < -0.3 is 29.5 Å². The van der Waals surface area contributed by atoms with Crippen molar-refractivity contribution in [3.63, 3.8) is 0 Å². The molecule has 0 saturated carbocycles. The highest BCUT2D eigenvalue weighted by molar-refractivity contribution is 6.33. The second-order valence-corrected chi connectivity index (χ2v) is 9.16. The van der Waals surface area contributed by atoms with Crippen LogP contribution in [0.25, 0.3) is 0 Å². The molecule has 2 N–H and O–H groups in total. The van der Waals surface area contributed by atoms with Crippen LogP contribution in [0.3, 0.4) is 0 Å². The molecule has 0 unspecified atom stereocenters. The number of piperazine rings is 1. The van der Waals surface area contributed by atoms with Gasteiger partial charge in [-0.25, -0.2) is 9.59 Å². The summed E-state index contributed by atoms with van der Waals surface area (Å²) in [6.07, 6.45) is -0.395. The molecule has 1 aliphatic rings. The Morgan fingerprint density at radius 3 is 2.39 bits per heavy atom. The van der Waals surface area contributed by atoms with Crippen LogP contribution in [0.5, 0.6) is 5.75 Å². The van der Waals surface area contributed by atoms with Gasteiger partial charge in [0.05, 0.1) is 28.9 Å². The zero-order valence-corrected chi connectivity index (χ0v) is 19.7. The number of aliphatic hydroxyl groups is 1. The van der Waals surface area contributed by atoms with E-state index in [1.165, 1.54) is 0 Å². The minimum Gasteiger partial charge on any atom is -0.491 e. The molecular weight excluding hydrogens is 448 g/mol. The first-order valence-corrected chi connectivity index (χ1v) is 11.1. The molecule has 1 amide bonds. The van der Waals surface area contributed by atoms with Gasteiger partial charge in [-0.15, -0.1) is 0 Å². The molecule has 1 atom stereocenters. The number of amides is 1. The number of hydrogen-bond acceptors (Lipinski definition) is 6. The van der Waals surface area contributed by atoms with Crippen LogP contribution in [0.15, 0.2) is 42.5 Å². The number of anilines is 1. The predicted octanol–water partition coefficient (Wildman–Crippen LogP) is 4.21. The molecule has 3 rings (SSSR count). The Balaban J connectivity index is 1.91. The number of halogens is 1. The van der Waals surface area contributed by atoms with Gasteiger partial charge >= 0.3 is 12.1 Å². The van der Waals surface area contributed by atoms with E-state index in [2.05, 4.69) is 4.90 Å². The molecule has 0 bridgehead atoms. The fourth-order valence-corrected chi connectivity index (χ4v) is 3.95. The third-order valence-corrected chi connectivity index (χ3v) is 5.47. The van der Waals surface area contributed by atoms with E-state index >= 15 is 0 Å². The van der Waals surface area contributed by atoms with Crippen molar-refractivity contribution >= 4 is 29.4 Å². The maximum atomic E-state index is 12.7. The molecule has 1 fully saturated rings. The van der Waals surface area contributed by atoms with Crippen molar-refractivity contribution in [2.75, 3.05) is 37.7 Å². The van der Waals surface area contributed by atoms with Crippen LogP contribution < -0.4 is 9.64 Å². The van der Waals surface area contributed by atoms with Gasteiger partial charge in [0.1, 0.15) is 18.0 Å². The first-order chi connectivity index (χ1) is 15.6. The van der Waals surface area contributed by atoms with Crippen molar-refractivity contribution in [2.24, 2.45) is 0 Å². The lowest BCUT2D eigenvalue weighted by atomic mass is 10.00. The summed E-state index contributed by atoms with van der Waals surface area (Å²) < 4.78 is 11.0. The fraction of sp³-hybridized carbons (Fsp3) is 0.417. The molecule has 9 heteroatoms. The van der Waals surface area contributed by atoms with Crippen molar-refractivity contribution in [1.29, 1.82) is 0 Å². The molecular formula is C24H29ClN2O6. The van der Waals surface area contributed by atoms with Crippen LogP contribution >= 0.6 is 11.6 Å². The third-order valence-electron chi connectivity index (χ3n) is 5.16. The molecule has 178 valence electrons. The van der Waals surface area contributed by atoms with Crippen LogP contribution in [0.2, 0.25) is 5.02 Å². The molecule has 2 aromatic rings. The van der Waals surface area contributed by atoms with E-state index in [1.54, 1.807) is 41.3 Å². The number of aliphatic hydroxyl groups excluding tert-OH is 1. The molecule has 1 heterocycles. The third kappa shape index (κ3) is 6.30. The van der Waals surface area contributed by atoms with E-state index in [-0.39, 0.29) is 24.8 Å². The predicted molar refractivity (Wildman–Crippen MR) is 125 cm³/mol. The van der Waals surface area contributed by atoms with Gasteiger partial charge in [-0.05, 0) is 50.6 Å². The molecule has 8 nitrogen and oxygen atoms in total. The number of nitrogens with zero attached hydrogens (tertiary/aromatic N) is 2. The Morgan fingerprint density at radius 2 is 1.82 bits per heavy atom. The maximum Gasteiger partial charge on any atom is 0.410 e. The Morgan fingerprint density at radius 1 is 1.12 bits per heavy atom. The number of carboxylic acid groups (broad SMARTS) is 1. The summed E-state index contributed by atoms with van der Waals surface area (Å²) in [6.45, 7) is 6.83. The van der Waals surface area contributed by atoms with Crippen LogP contribution in [0, 0.1) is 0 Å². The van der Waals surface area contributed by atoms with E-state index < -0.39 is 17.7 Å². The smallest absolute Gasteiger partial charge is 0.410 e. The first-order valence-electron chi connectivity index (χ1n) is 10.7. The monoisotopic (exact) mass is 476 g/mol. The Bertz CT molecular complexity index is 989. The number of carboxylic acids is 1. The van der Waals surface area contributed by atoms with Crippen molar-refractivity contribution < 1.29 is 29.3 Å². The standard InChI is InChI=1S/C24H29ClN2O6/c1-24(2,3)33-23(31)26-10-11-27(20-9-8-18(14-19(20)25)32-13-12-28)21(15-26)16-4-6-17(7-5-16)22(29)30/h4-9,14,21,28H,10-13,15H2,1-3H3,(H,29,30)/t21-/m0/s1. The zero-order chi connectivity index (χ0) is 24.2. The van der Waals surface area contributed by atoms with Crippen molar-refractivity contribution in [2.45, 2.75) is 32.4 Å². The zero-order valence-electron chi connectivity index (χ0n) is 19.0. The molecule has 1 saturated heterocycles. The number of rotatable bonds is 6. The highest BCUT2D eigenvalue weighted by Gasteiger charge is 2.34. The SMILES string of the molecule is CC(C)(C)OC(=O)N1CCN(c2ccc(OCCO)cc2Cl)[C@H](c2ccc(C(=O)O)cc2)C1. The molecule has 33 heavy (non-hydrogen) atoms. The summed E-state index contributed by atoms with van der Waals surface area (Å²) in [7, 11) is 0. The van der Waals surface area contributed by atoms with Crippen molar-refractivity contribution in [3.8, 4) is 5.75 Å². The molecule has 0 aromatic heterocycles. The van der Waals surface area contributed by atoms with Crippen molar-refractivity contribution in [1.82, 2.24) is 4.90 Å². The number of aromatic carboxylic acids is 1. The molecule has 0 radical (unpaired) electrons. The average molecular weight is 477 g/mol. The highest BCUT2D eigenvalue weighted by Crippen LogP contribution is 2.37. The Labute approximate surface area is 198 Å². The van der Waals surface area contributed by atoms with Gasteiger partial charge in [-0.1, -0.05) is 23.7 Å². The number of carbonyl (C=O) groups is 2. The summed E-state index contributed by atoms with van der Waals surface area (Å²) in [4.78, 5) is 27.8. The largest absolute Gasteiger partial charge is 0.491 e. The average Bonchev–Trinajstić information content (AvgIpc) is 2.76. The number of carbonyl (C=O) groups excluding carboxylic acids is 1. The minimum atomic E-state index is -1.00. The first kappa shape index (κ1) is 24.7. The molecule has 0 spiro atoms. The van der Waals surface area contributed by atoms with Crippen LogP contribution in [-0.2, 0) is 4.74 Å². The fourth-order valence-electron chi connectivity index (χ4n) is 3.67. The number of ether oxygens (including phenoxy) is 2. The summed E-state index contributed by atoms with van der Waals surface area (Å²) in [5.41, 5.74) is 1.20. The highest BCUT2D eigenvalue weighted by atomic mass is 35.5. The Hall–Kier alpha value is -2.97. The lowest BCUT2D eigenvalue weighted by Gasteiger charge is -2.43. The lowest BCUT2D eigenvalue weighted by Crippen LogP contribution is -2.51. The van der Waals surface area contributed by atoms with Crippen molar-refractivity contribution in [3.05, 3.63) is 58.6 Å². The summed E-state index contributed by atoms with van der Waals surface area (Å²) in [5, 5.41) is 18.7. The second-order valence-electron chi connectivity index (χ2n) is 8.75. The molecule has 1 aliphatic heterocycles. The number of benzene rings is 2. The van der Waals surface area contributed by atoms with Gasteiger partial charge in [0.15, 0.2) is 0 Å². The lowest BCUT2D eigenvalue weighted by molar-refractivity contribution is 0.0214. The summed E-state index contributed by atoms with van der Waals surface area (Å²) in [5.74, 6) is -0.452. The van der Waals surface area contributed by atoms with E-state index in [4.69, 9.17) is 26.2 Å². The maximum absolute atomic E-state index is 12.7. The van der Waals surface area contributed by atoms with Gasteiger partial charge in [-0.2, -0.15) is 0 Å².